The van der Waals surface area contributed by atoms with Gasteiger partial charge in [-0.1, -0.05) is 243 Å². The Morgan fingerprint density at radius 3 is 0.787 bits per heavy atom. The molecule has 0 aromatic heterocycles. The Balaban J connectivity index is 4.47. The number of ether oxygens (including phenoxy) is 3. The predicted octanol–water partition coefficient (Wildman–Crippen LogP) is 20.5. The third-order valence-electron chi connectivity index (χ3n) is 12.0. The SMILES string of the molecule is CC/C=C\C/C=C\C/C=C\C/C=C\C/C=C\CCCCCCCCCCCC(=O)OCC(COC(=O)CCCCCCC/C=C\C/C=C\C/C=C\CC)OC(=O)CCC/C=C\C/C=C\C/C=C\C/C=C\C/C=C\CC. The zero-order valence-electron chi connectivity index (χ0n) is 48.0. The summed E-state index contributed by atoms with van der Waals surface area (Å²) in [7, 11) is 0. The third kappa shape index (κ3) is 59.8. The number of allylic oxidation sites excluding steroid dienone is 26. The van der Waals surface area contributed by atoms with Gasteiger partial charge in [0.05, 0.1) is 0 Å². The van der Waals surface area contributed by atoms with Crippen molar-refractivity contribution < 1.29 is 28.6 Å². The highest BCUT2D eigenvalue weighted by Gasteiger charge is 2.19. The molecule has 1 unspecified atom stereocenters. The molecule has 0 aromatic carbocycles. The molecular formula is C69H108O6. The number of hydrogen-bond acceptors (Lipinski definition) is 6. The van der Waals surface area contributed by atoms with Gasteiger partial charge in [-0.05, 0) is 135 Å². The molecule has 0 aromatic rings. The van der Waals surface area contributed by atoms with E-state index in [1.54, 1.807) is 0 Å². The van der Waals surface area contributed by atoms with E-state index in [9.17, 15) is 14.4 Å². The van der Waals surface area contributed by atoms with Crippen molar-refractivity contribution in [3.05, 3.63) is 158 Å². The van der Waals surface area contributed by atoms with Crippen molar-refractivity contribution in [2.75, 3.05) is 13.2 Å². The minimum Gasteiger partial charge on any atom is -0.462 e. The van der Waals surface area contributed by atoms with E-state index < -0.39 is 6.10 Å². The monoisotopic (exact) mass is 1030 g/mol. The van der Waals surface area contributed by atoms with Crippen LogP contribution in [-0.4, -0.2) is 37.2 Å². The van der Waals surface area contributed by atoms with E-state index in [0.717, 1.165) is 154 Å². The summed E-state index contributed by atoms with van der Waals surface area (Å²) in [4.78, 5) is 38.2. The van der Waals surface area contributed by atoms with Gasteiger partial charge in [0.25, 0.3) is 0 Å². The Morgan fingerprint density at radius 2 is 0.493 bits per heavy atom. The van der Waals surface area contributed by atoms with Crippen molar-refractivity contribution >= 4 is 17.9 Å². The van der Waals surface area contributed by atoms with Gasteiger partial charge in [-0.15, -0.1) is 0 Å². The molecular weight excluding hydrogens is 925 g/mol. The number of carbonyl (C=O) groups is 3. The van der Waals surface area contributed by atoms with Crippen LogP contribution in [0.4, 0.5) is 0 Å². The lowest BCUT2D eigenvalue weighted by Crippen LogP contribution is -2.30. The van der Waals surface area contributed by atoms with Gasteiger partial charge in [0, 0.05) is 19.3 Å². The van der Waals surface area contributed by atoms with Crippen molar-refractivity contribution in [3.8, 4) is 0 Å². The van der Waals surface area contributed by atoms with E-state index in [1.807, 2.05) is 0 Å². The summed E-state index contributed by atoms with van der Waals surface area (Å²) in [5.74, 6) is -1.00. The van der Waals surface area contributed by atoms with Crippen LogP contribution in [0.25, 0.3) is 0 Å². The minimum atomic E-state index is -0.826. The van der Waals surface area contributed by atoms with E-state index in [2.05, 4.69) is 179 Å². The maximum Gasteiger partial charge on any atom is 0.306 e. The van der Waals surface area contributed by atoms with Crippen molar-refractivity contribution in [2.45, 2.75) is 245 Å². The molecule has 0 aliphatic carbocycles. The molecule has 0 saturated carbocycles. The smallest absolute Gasteiger partial charge is 0.306 e. The maximum atomic E-state index is 12.9. The summed E-state index contributed by atoms with van der Waals surface area (Å²) in [5.41, 5.74) is 0. The average Bonchev–Trinajstić information content (AvgIpc) is 3.41. The molecule has 0 heterocycles. The fourth-order valence-electron chi connectivity index (χ4n) is 7.64. The van der Waals surface area contributed by atoms with Crippen LogP contribution in [0, 0.1) is 0 Å². The molecule has 0 rings (SSSR count). The van der Waals surface area contributed by atoms with Crippen molar-refractivity contribution in [2.24, 2.45) is 0 Å². The van der Waals surface area contributed by atoms with Crippen molar-refractivity contribution in [1.82, 2.24) is 0 Å². The predicted molar refractivity (Wildman–Crippen MR) is 325 cm³/mol. The van der Waals surface area contributed by atoms with Gasteiger partial charge in [-0.25, -0.2) is 0 Å². The van der Waals surface area contributed by atoms with Gasteiger partial charge in [-0.2, -0.15) is 0 Å². The Kier molecular flexibility index (Phi) is 57.5. The first-order valence-electron chi connectivity index (χ1n) is 30.0. The van der Waals surface area contributed by atoms with Gasteiger partial charge in [-0.3, -0.25) is 14.4 Å². The second kappa shape index (κ2) is 61.6. The Morgan fingerprint density at radius 1 is 0.267 bits per heavy atom. The standard InChI is InChI=1S/C69H108O6/c1-4-7-10-13-16-19-22-25-28-30-31-32-33-34-35-36-37-39-41-44-47-50-53-56-59-62-68(71)74-65-66(64-73-67(70)61-58-55-52-49-46-43-40-27-24-21-18-15-12-9-6-3)75-69(72)63-60-57-54-51-48-45-42-38-29-26-23-20-17-14-11-8-5-2/h7-12,16-21,25-29,31-32,34-35,40,42,45,51,54,66H,4-6,13-15,22-24,30,33,36-39,41,43-44,46-50,52-53,55-65H2,1-3H3/b10-7-,11-8-,12-9-,19-16-,20-17-,21-18-,28-25-,29-26-,32-31-,35-34-,40-27-,45-42-,54-51-. The molecule has 6 nitrogen and oxygen atoms in total. The fourth-order valence-corrected chi connectivity index (χ4v) is 7.64. The number of esters is 3. The van der Waals surface area contributed by atoms with Crippen LogP contribution in [-0.2, 0) is 28.6 Å². The fraction of sp³-hybridized carbons (Fsp3) is 0.580. The first kappa shape index (κ1) is 70.0. The molecule has 1 atom stereocenters. The average molecular weight is 1030 g/mol. The Labute approximate surface area is 460 Å². The van der Waals surface area contributed by atoms with E-state index in [-0.39, 0.29) is 37.5 Å². The van der Waals surface area contributed by atoms with Gasteiger partial charge in [0.2, 0.25) is 0 Å². The second-order valence-electron chi connectivity index (χ2n) is 19.1. The van der Waals surface area contributed by atoms with Crippen LogP contribution in [0.1, 0.15) is 239 Å². The van der Waals surface area contributed by atoms with Crippen LogP contribution in [0.15, 0.2) is 158 Å². The molecule has 0 spiro atoms. The topological polar surface area (TPSA) is 78.9 Å². The van der Waals surface area contributed by atoms with Gasteiger partial charge >= 0.3 is 17.9 Å². The molecule has 0 amide bonds. The summed E-state index contributed by atoms with van der Waals surface area (Å²) in [6.07, 6.45) is 89.6. The summed E-state index contributed by atoms with van der Waals surface area (Å²) >= 11 is 0. The zero-order chi connectivity index (χ0) is 54.3. The summed E-state index contributed by atoms with van der Waals surface area (Å²) in [6, 6.07) is 0. The highest BCUT2D eigenvalue weighted by Crippen LogP contribution is 2.14. The third-order valence-corrected chi connectivity index (χ3v) is 12.0. The molecule has 0 fully saturated rings. The van der Waals surface area contributed by atoms with Crippen LogP contribution in [0.5, 0.6) is 0 Å². The van der Waals surface area contributed by atoms with E-state index >= 15 is 0 Å². The minimum absolute atomic E-state index is 0.116. The Hall–Kier alpha value is -4.97. The summed E-state index contributed by atoms with van der Waals surface area (Å²) in [6.45, 7) is 6.22. The molecule has 0 aliphatic heterocycles. The first-order chi connectivity index (χ1) is 37.0. The molecule has 0 saturated heterocycles. The largest absolute Gasteiger partial charge is 0.462 e. The Bertz CT molecular complexity index is 1710. The van der Waals surface area contributed by atoms with Crippen LogP contribution < -0.4 is 0 Å². The highest BCUT2D eigenvalue weighted by atomic mass is 16.6. The number of hydrogen-bond donors (Lipinski definition) is 0. The van der Waals surface area contributed by atoms with Crippen LogP contribution in [0.3, 0.4) is 0 Å². The lowest BCUT2D eigenvalue weighted by atomic mass is 10.1. The van der Waals surface area contributed by atoms with Crippen LogP contribution >= 0.6 is 0 Å². The number of unbranched alkanes of at least 4 members (excludes halogenated alkanes) is 15. The van der Waals surface area contributed by atoms with Gasteiger partial charge in [0.15, 0.2) is 6.10 Å². The molecule has 0 N–H and O–H groups in total. The summed E-state index contributed by atoms with van der Waals surface area (Å²) in [5, 5.41) is 0. The van der Waals surface area contributed by atoms with Gasteiger partial charge < -0.3 is 14.2 Å². The van der Waals surface area contributed by atoms with Crippen LogP contribution in [0.2, 0.25) is 0 Å². The molecule has 0 radical (unpaired) electrons. The molecule has 6 heteroatoms. The van der Waals surface area contributed by atoms with E-state index in [1.165, 1.54) is 38.5 Å². The zero-order valence-corrected chi connectivity index (χ0v) is 48.0. The van der Waals surface area contributed by atoms with Gasteiger partial charge in [0.1, 0.15) is 13.2 Å². The maximum absolute atomic E-state index is 12.9. The van der Waals surface area contributed by atoms with Crippen molar-refractivity contribution in [1.29, 1.82) is 0 Å². The highest BCUT2D eigenvalue weighted by molar-refractivity contribution is 5.71. The molecule has 75 heavy (non-hydrogen) atoms. The second-order valence-corrected chi connectivity index (χ2v) is 19.1. The van der Waals surface area contributed by atoms with Crippen molar-refractivity contribution in [3.63, 3.8) is 0 Å². The quantitative estimate of drug-likeness (QED) is 0.0261. The normalized spacial score (nSPS) is 13.3. The van der Waals surface area contributed by atoms with E-state index in [4.69, 9.17) is 14.2 Å². The lowest BCUT2D eigenvalue weighted by Gasteiger charge is -2.18. The number of carbonyl (C=O) groups excluding carboxylic acids is 3. The molecule has 0 bridgehead atoms. The lowest BCUT2D eigenvalue weighted by molar-refractivity contribution is -0.167. The molecule has 420 valence electrons. The van der Waals surface area contributed by atoms with E-state index in [0.29, 0.717) is 19.3 Å². The summed E-state index contributed by atoms with van der Waals surface area (Å²) < 4.78 is 16.8. The first-order valence-corrected chi connectivity index (χ1v) is 30.0. The number of rotatable bonds is 52. The molecule has 0 aliphatic rings.